The molecule has 1 N–H and O–H groups in total. The molecular formula is C17H17NO4S. The molecule has 0 aliphatic heterocycles. The predicted octanol–water partition coefficient (Wildman–Crippen LogP) is 2.94. The summed E-state index contributed by atoms with van der Waals surface area (Å²) >= 11 is 1.36. The van der Waals surface area contributed by atoms with Gasteiger partial charge in [0.05, 0.1) is 7.11 Å². The van der Waals surface area contributed by atoms with Crippen molar-refractivity contribution in [2.24, 2.45) is 0 Å². The fraction of sp³-hybridized carbons (Fsp3) is 0.176. The van der Waals surface area contributed by atoms with Crippen LogP contribution in [0.15, 0.2) is 65.6 Å². The molecule has 0 unspecified atom stereocenters. The molecule has 0 saturated carbocycles. The van der Waals surface area contributed by atoms with Crippen LogP contribution in [-0.2, 0) is 9.63 Å². The van der Waals surface area contributed by atoms with Crippen molar-refractivity contribution < 1.29 is 19.5 Å². The van der Waals surface area contributed by atoms with Gasteiger partial charge in [0, 0.05) is 16.2 Å². The minimum Gasteiger partial charge on any atom is -0.480 e. The van der Waals surface area contributed by atoms with Gasteiger partial charge in [-0.15, -0.1) is 11.8 Å². The normalized spacial score (nSPS) is 11.7. The highest BCUT2D eigenvalue weighted by atomic mass is 32.2. The van der Waals surface area contributed by atoms with Crippen LogP contribution in [0.1, 0.15) is 10.4 Å². The van der Waals surface area contributed by atoms with Crippen LogP contribution >= 0.6 is 11.8 Å². The molecule has 2 aromatic carbocycles. The second-order valence-corrected chi connectivity index (χ2v) is 5.75. The van der Waals surface area contributed by atoms with E-state index in [4.69, 9.17) is 4.84 Å². The molecule has 2 rings (SSSR count). The summed E-state index contributed by atoms with van der Waals surface area (Å²) in [5.41, 5.74) is 0.380. The number of nitrogens with zero attached hydrogens (tertiary/aromatic N) is 1. The second kappa shape index (κ2) is 8.36. The van der Waals surface area contributed by atoms with Crippen molar-refractivity contribution in [3.63, 3.8) is 0 Å². The Hall–Kier alpha value is -2.31. The zero-order valence-corrected chi connectivity index (χ0v) is 13.4. The van der Waals surface area contributed by atoms with Crippen LogP contribution in [0, 0.1) is 0 Å². The van der Waals surface area contributed by atoms with E-state index in [2.05, 4.69) is 0 Å². The van der Waals surface area contributed by atoms with Crippen LogP contribution in [0.3, 0.4) is 0 Å². The first-order valence-corrected chi connectivity index (χ1v) is 7.95. The molecule has 0 radical (unpaired) electrons. The Bertz CT molecular complexity index is 648. The maximum absolute atomic E-state index is 12.5. The van der Waals surface area contributed by atoms with Gasteiger partial charge in [-0.25, -0.2) is 9.86 Å². The Labute approximate surface area is 138 Å². The number of carboxylic acid groups (broad SMARTS) is 1. The average Bonchev–Trinajstić information content (AvgIpc) is 2.59. The summed E-state index contributed by atoms with van der Waals surface area (Å²) in [5.74, 6) is -1.40. The van der Waals surface area contributed by atoms with E-state index < -0.39 is 17.9 Å². The first-order valence-electron chi connectivity index (χ1n) is 6.97. The highest BCUT2D eigenvalue weighted by Gasteiger charge is 2.31. The van der Waals surface area contributed by atoms with Crippen molar-refractivity contribution >= 4 is 23.6 Å². The Morgan fingerprint density at radius 3 is 2.17 bits per heavy atom. The molecule has 0 saturated heterocycles. The number of carboxylic acids is 1. The minimum atomic E-state index is -1.11. The molecule has 2 aromatic rings. The summed E-state index contributed by atoms with van der Waals surface area (Å²) in [6.45, 7) is 0. The van der Waals surface area contributed by atoms with Crippen LogP contribution < -0.4 is 0 Å². The molecule has 0 bridgehead atoms. The lowest BCUT2D eigenvalue weighted by atomic mass is 10.2. The number of hydroxylamine groups is 2. The molecule has 1 amide bonds. The SMILES string of the molecule is CON(C(=O)c1ccccc1)[C@@H](CSc1ccccc1)C(=O)O. The Morgan fingerprint density at radius 1 is 1.09 bits per heavy atom. The third-order valence-electron chi connectivity index (χ3n) is 3.14. The molecule has 120 valence electrons. The van der Waals surface area contributed by atoms with Gasteiger partial charge in [0.25, 0.3) is 5.91 Å². The molecule has 23 heavy (non-hydrogen) atoms. The van der Waals surface area contributed by atoms with Gasteiger partial charge in [0.15, 0.2) is 6.04 Å². The summed E-state index contributed by atoms with van der Waals surface area (Å²) in [7, 11) is 1.30. The summed E-state index contributed by atoms with van der Waals surface area (Å²) < 4.78 is 0. The van der Waals surface area contributed by atoms with Crippen molar-refractivity contribution in [3.05, 3.63) is 66.2 Å². The van der Waals surface area contributed by atoms with Crippen LogP contribution in [0.25, 0.3) is 0 Å². The van der Waals surface area contributed by atoms with Crippen LogP contribution in [-0.4, -0.2) is 41.0 Å². The highest BCUT2D eigenvalue weighted by Crippen LogP contribution is 2.21. The van der Waals surface area contributed by atoms with Gasteiger partial charge in [-0.1, -0.05) is 36.4 Å². The van der Waals surface area contributed by atoms with Gasteiger partial charge in [-0.05, 0) is 24.3 Å². The third kappa shape index (κ3) is 4.58. The molecule has 0 aliphatic carbocycles. The van der Waals surface area contributed by atoms with E-state index >= 15 is 0 Å². The van der Waals surface area contributed by atoms with Crippen LogP contribution in [0.4, 0.5) is 0 Å². The van der Waals surface area contributed by atoms with Gasteiger partial charge in [0.1, 0.15) is 0 Å². The zero-order chi connectivity index (χ0) is 16.7. The smallest absolute Gasteiger partial charge is 0.329 e. The van der Waals surface area contributed by atoms with Gasteiger partial charge in [-0.3, -0.25) is 9.63 Å². The third-order valence-corrected chi connectivity index (χ3v) is 4.22. The van der Waals surface area contributed by atoms with E-state index in [9.17, 15) is 14.7 Å². The monoisotopic (exact) mass is 331 g/mol. The number of amides is 1. The van der Waals surface area contributed by atoms with Crippen molar-refractivity contribution in [2.45, 2.75) is 10.9 Å². The van der Waals surface area contributed by atoms with Gasteiger partial charge < -0.3 is 5.11 Å². The van der Waals surface area contributed by atoms with Gasteiger partial charge in [-0.2, -0.15) is 0 Å². The van der Waals surface area contributed by atoms with E-state index in [0.717, 1.165) is 9.96 Å². The maximum Gasteiger partial charge on any atom is 0.329 e. The van der Waals surface area contributed by atoms with Crippen molar-refractivity contribution in [2.75, 3.05) is 12.9 Å². The number of carbonyl (C=O) groups excluding carboxylic acids is 1. The largest absolute Gasteiger partial charge is 0.480 e. The molecule has 1 atom stereocenters. The first-order chi connectivity index (χ1) is 11.1. The van der Waals surface area contributed by atoms with Gasteiger partial charge in [0.2, 0.25) is 0 Å². The first kappa shape index (κ1) is 17.1. The number of aliphatic carboxylic acids is 1. The molecular weight excluding hydrogens is 314 g/mol. The number of hydrogen-bond acceptors (Lipinski definition) is 4. The van der Waals surface area contributed by atoms with Crippen molar-refractivity contribution in [1.82, 2.24) is 5.06 Å². The summed E-state index contributed by atoms with van der Waals surface area (Å²) in [6.07, 6.45) is 0. The summed E-state index contributed by atoms with van der Waals surface area (Å²) in [6, 6.07) is 16.8. The van der Waals surface area contributed by atoms with E-state index in [0.29, 0.717) is 5.56 Å². The van der Waals surface area contributed by atoms with Crippen LogP contribution in [0.5, 0.6) is 0 Å². The quantitative estimate of drug-likeness (QED) is 0.624. The molecule has 6 heteroatoms. The summed E-state index contributed by atoms with van der Waals surface area (Å²) in [5, 5.41) is 10.4. The van der Waals surface area contributed by atoms with Crippen LogP contribution in [0.2, 0.25) is 0 Å². The molecule has 0 fully saturated rings. The molecule has 0 aromatic heterocycles. The lowest BCUT2D eigenvalue weighted by Gasteiger charge is -2.26. The molecule has 0 spiro atoms. The molecule has 5 nitrogen and oxygen atoms in total. The van der Waals surface area contributed by atoms with E-state index in [1.807, 2.05) is 30.3 Å². The standard InChI is InChI=1S/C17H17NO4S/c1-22-18(16(19)13-8-4-2-5-9-13)15(17(20)21)12-23-14-10-6-3-7-11-14/h2-11,15H,12H2,1H3,(H,20,21)/t15-/m0/s1. The minimum absolute atomic E-state index is 0.186. The van der Waals surface area contributed by atoms with E-state index in [-0.39, 0.29) is 5.75 Å². The fourth-order valence-electron chi connectivity index (χ4n) is 1.99. The number of hydrogen-bond donors (Lipinski definition) is 1. The fourth-order valence-corrected chi connectivity index (χ4v) is 2.97. The number of thioether (sulfide) groups is 1. The van der Waals surface area contributed by atoms with Crippen molar-refractivity contribution in [3.8, 4) is 0 Å². The molecule has 0 heterocycles. The Kier molecular flexibility index (Phi) is 6.19. The number of carbonyl (C=O) groups is 2. The second-order valence-electron chi connectivity index (χ2n) is 4.66. The number of benzene rings is 2. The highest BCUT2D eigenvalue weighted by molar-refractivity contribution is 7.99. The van der Waals surface area contributed by atoms with E-state index in [1.165, 1.54) is 18.9 Å². The van der Waals surface area contributed by atoms with Crippen molar-refractivity contribution in [1.29, 1.82) is 0 Å². The maximum atomic E-state index is 12.5. The van der Waals surface area contributed by atoms with E-state index in [1.54, 1.807) is 30.3 Å². The van der Waals surface area contributed by atoms with Gasteiger partial charge >= 0.3 is 5.97 Å². The lowest BCUT2D eigenvalue weighted by molar-refractivity contribution is -0.163. The lowest BCUT2D eigenvalue weighted by Crippen LogP contribution is -2.46. The topological polar surface area (TPSA) is 66.8 Å². The Morgan fingerprint density at radius 2 is 1.65 bits per heavy atom. The predicted molar refractivity (Wildman–Crippen MR) is 88.2 cm³/mol. The average molecular weight is 331 g/mol. The number of rotatable bonds is 7. The zero-order valence-electron chi connectivity index (χ0n) is 12.6. The Balaban J connectivity index is 2.14. The molecule has 0 aliphatic rings. The summed E-state index contributed by atoms with van der Waals surface area (Å²) in [4.78, 5) is 30.0.